The molecule has 0 unspecified atom stereocenters. The van der Waals surface area contributed by atoms with Crippen LogP contribution in [0.3, 0.4) is 0 Å². The summed E-state index contributed by atoms with van der Waals surface area (Å²) in [6.07, 6.45) is 19.1. The maximum Gasteiger partial charge on any atom is 0.239 e. The summed E-state index contributed by atoms with van der Waals surface area (Å²) in [7, 11) is 0. The average Bonchev–Trinajstić information content (AvgIpc) is 2.75. The third kappa shape index (κ3) is 16.6. The van der Waals surface area contributed by atoms with Gasteiger partial charge >= 0.3 is 0 Å². The molecule has 4 heteroatoms. The summed E-state index contributed by atoms with van der Waals surface area (Å²) in [5, 5.41) is 6.17. The molecule has 0 aliphatic heterocycles. The van der Waals surface area contributed by atoms with Crippen LogP contribution in [-0.2, 0) is 4.79 Å². The number of benzene rings is 1. The summed E-state index contributed by atoms with van der Waals surface area (Å²) in [6.45, 7) is 7.38. The molecule has 1 amide bonds. The first-order chi connectivity index (χ1) is 15.1. The molecular weight excluding hydrogens is 384 g/mol. The number of unbranched alkanes of at least 4 members (excludes halogenated alkanes) is 13. The molecular formula is C27H48N2O2. The molecule has 0 saturated heterocycles. The lowest BCUT2D eigenvalue weighted by Gasteiger charge is -2.11. The number of carbonyl (C=O) groups excluding carboxylic acids is 1. The van der Waals surface area contributed by atoms with Crippen molar-refractivity contribution in [3.63, 3.8) is 0 Å². The zero-order valence-electron chi connectivity index (χ0n) is 20.5. The normalized spacial score (nSPS) is 11.0. The third-order valence-electron chi connectivity index (χ3n) is 5.53. The van der Waals surface area contributed by atoms with Gasteiger partial charge in [0.2, 0.25) is 5.91 Å². The fourth-order valence-electron chi connectivity index (χ4n) is 3.72. The van der Waals surface area contributed by atoms with Gasteiger partial charge < -0.3 is 15.4 Å². The van der Waals surface area contributed by atoms with E-state index in [4.69, 9.17) is 4.74 Å². The predicted octanol–water partition coefficient (Wildman–Crippen LogP) is 7.48. The van der Waals surface area contributed by atoms with Crippen LogP contribution in [0.1, 0.15) is 111 Å². The monoisotopic (exact) mass is 432 g/mol. The van der Waals surface area contributed by atoms with Crippen LogP contribution in [0.2, 0.25) is 0 Å². The van der Waals surface area contributed by atoms with Crippen molar-refractivity contribution in [3.8, 4) is 5.75 Å². The molecule has 0 fully saturated rings. The highest BCUT2D eigenvalue weighted by Gasteiger charge is 2.02. The standard InChI is InChI=1S/C27H48N2O2/c1-4-5-6-7-8-9-10-11-12-13-14-15-16-17-22-28-27(30)23-29-25-18-20-26(21-19-25)31-24(2)3/h18-21,24,29H,4-17,22-23H2,1-3H3,(H,28,30). The first kappa shape index (κ1) is 27.3. The van der Waals surface area contributed by atoms with Gasteiger partial charge in [0.25, 0.3) is 0 Å². The highest BCUT2D eigenvalue weighted by molar-refractivity contribution is 5.80. The molecule has 0 aliphatic carbocycles. The summed E-state index contributed by atoms with van der Waals surface area (Å²) in [5.74, 6) is 0.903. The van der Waals surface area contributed by atoms with Gasteiger partial charge in [-0.3, -0.25) is 4.79 Å². The number of anilines is 1. The second-order valence-electron chi connectivity index (χ2n) is 8.99. The minimum atomic E-state index is 0.0530. The van der Waals surface area contributed by atoms with Crippen LogP contribution in [0.15, 0.2) is 24.3 Å². The molecule has 4 nitrogen and oxygen atoms in total. The average molecular weight is 433 g/mol. The third-order valence-corrected chi connectivity index (χ3v) is 5.53. The molecule has 31 heavy (non-hydrogen) atoms. The van der Waals surface area contributed by atoms with Crippen molar-refractivity contribution in [2.75, 3.05) is 18.4 Å². The second-order valence-corrected chi connectivity index (χ2v) is 8.99. The number of amides is 1. The van der Waals surface area contributed by atoms with Crippen LogP contribution in [0.5, 0.6) is 5.75 Å². The Bertz CT molecular complexity index is 543. The van der Waals surface area contributed by atoms with Crippen molar-refractivity contribution in [2.24, 2.45) is 0 Å². The zero-order chi connectivity index (χ0) is 22.6. The maximum absolute atomic E-state index is 12.0. The largest absolute Gasteiger partial charge is 0.491 e. The summed E-state index contributed by atoms with van der Waals surface area (Å²) in [4.78, 5) is 12.0. The maximum atomic E-state index is 12.0. The number of rotatable bonds is 20. The molecule has 0 bridgehead atoms. The Labute approximate surface area is 191 Å². The molecule has 0 heterocycles. The molecule has 178 valence electrons. The van der Waals surface area contributed by atoms with Crippen molar-refractivity contribution in [3.05, 3.63) is 24.3 Å². The van der Waals surface area contributed by atoms with Crippen LogP contribution < -0.4 is 15.4 Å². The minimum absolute atomic E-state index is 0.0530. The summed E-state index contributed by atoms with van der Waals surface area (Å²) in [5.41, 5.74) is 0.933. The zero-order valence-corrected chi connectivity index (χ0v) is 20.5. The van der Waals surface area contributed by atoms with Crippen molar-refractivity contribution < 1.29 is 9.53 Å². The first-order valence-electron chi connectivity index (χ1n) is 12.9. The molecule has 0 atom stereocenters. The van der Waals surface area contributed by atoms with Crippen molar-refractivity contribution in [1.29, 1.82) is 0 Å². The van der Waals surface area contributed by atoms with E-state index in [0.717, 1.165) is 24.4 Å². The molecule has 2 N–H and O–H groups in total. The van der Waals surface area contributed by atoms with Crippen molar-refractivity contribution in [1.82, 2.24) is 5.32 Å². The fraction of sp³-hybridized carbons (Fsp3) is 0.741. The number of hydrogen-bond acceptors (Lipinski definition) is 3. The summed E-state index contributed by atoms with van der Waals surface area (Å²) < 4.78 is 5.62. The molecule has 0 aromatic heterocycles. The molecule has 1 aromatic carbocycles. The van der Waals surface area contributed by atoms with E-state index in [1.807, 2.05) is 38.1 Å². The topological polar surface area (TPSA) is 50.4 Å². The minimum Gasteiger partial charge on any atom is -0.491 e. The van der Waals surface area contributed by atoms with Gasteiger partial charge in [-0.05, 0) is 44.5 Å². The molecule has 0 aliphatic rings. The van der Waals surface area contributed by atoms with E-state index < -0.39 is 0 Å². The van der Waals surface area contributed by atoms with Crippen molar-refractivity contribution in [2.45, 2.75) is 117 Å². The Balaban J connectivity index is 1.87. The lowest BCUT2D eigenvalue weighted by molar-refractivity contribution is -0.119. The Kier molecular flexibility index (Phi) is 16.8. The Morgan fingerprint density at radius 3 is 1.74 bits per heavy atom. The van der Waals surface area contributed by atoms with E-state index in [9.17, 15) is 4.79 Å². The van der Waals surface area contributed by atoms with Gasteiger partial charge in [0.15, 0.2) is 0 Å². The second kappa shape index (κ2) is 19.0. The van der Waals surface area contributed by atoms with Gasteiger partial charge in [0, 0.05) is 12.2 Å². The van der Waals surface area contributed by atoms with E-state index in [1.54, 1.807) is 0 Å². The van der Waals surface area contributed by atoms with Gasteiger partial charge in [-0.15, -0.1) is 0 Å². The Morgan fingerprint density at radius 2 is 1.26 bits per heavy atom. The van der Waals surface area contributed by atoms with Gasteiger partial charge in [0.1, 0.15) is 5.75 Å². The van der Waals surface area contributed by atoms with Crippen molar-refractivity contribution >= 4 is 11.6 Å². The molecule has 0 spiro atoms. The number of hydrogen-bond donors (Lipinski definition) is 2. The van der Waals surface area contributed by atoms with E-state index >= 15 is 0 Å². The number of ether oxygens (including phenoxy) is 1. The first-order valence-corrected chi connectivity index (χ1v) is 12.9. The summed E-state index contributed by atoms with van der Waals surface area (Å²) >= 11 is 0. The van der Waals surface area contributed by atoms with Crippen LogP contribution in [0, 0.1) is 0 Å². The Morgan fingerprint density at radius 1 is 0.774 bits per heavy atom. The highest BCUT2D eigenvalue weighted by atomic mass is 16.5. The van der Waals surface area contributed by atoms with Crippen LogP contribution in [0.4, 0.5) is 5.69 Å². The predicted molar refractivity (Wildman–Crippen MR) is 134 cm³/mol. The molecule has 1 aromatic rings. The summed E-state index contributed by atoms with van der Waals surface area (Å²) in [6, 6.07) is 7.74. The number of carbonyl (C=O) groups is 1. The number of nitrogens with one attached hydrogen (secondary N) is 2. The lowest BCUT2D eigenvalue weighted by atomic mass is 10.0. The quantitative estimate of drug-likeness (QED) is 0.210. The van der Waals surface area contributed by atoms with Gasteiger partial charge in [-0.1, -0.05) is 90.4 Å². The van der Waals surface area contributed by atoms with Crippen LogP contribution in [0.25, 0.3) is 0 Å². The lowest BCUT2D eigenvalue weighted by Crippen LogP contribution is -2.30. The van der Waals surface area contributed by atoms with Crippen LogP contribution >= 0.6 is 0 Å². The van der Waals surface area contributed by atoms with E-state index in [0.29, 0.717) is 6.54 Å². The Hall–Kier alpha value is -1.71. The van der Waals surface area contributed by atoms with E-state index in [1.165, 1.54) is 83.5 Å². The molecule has 0 radical (unpaired) electrons. The smallest absolute Gasteiger partial charge is 0.239 e. The van der Waals surface area contributed by atoms with Gasteiger partial charge in [-0.25, -0.2) is 0 Å². The van der Waals surface area contributed by atoms with Gasteiger partial charge in [-0.2, -0.15) is 0 Å². The molecule has 1 rings (SSSR count). The SMILES string of the molecule is CCCCCCCCCCCCCCCCNC(=O)CNc1ccc(OC(C)C)cc1. The molecule has 0 saturated carbocycles. The van der Waals surface area contributed by atoms with E-state index in [-0.39, 0.29) is 12.0 Å². The fourth-order valence-corrected chi connectivity index (χ4v) is 3.72. The highest BCUT2D eigenvalue weighted by Crippen LogP contribution is 2.16. The van der Waals surface area contributed by atoms with E-state index in [2.05, 4.69) is 17.6 Å². The van der Waals surface area contributed by atoms with Gasteiger partial charge in [0.05, 0.1) is 12.6 Å². The van der Waals surface area contributed by atoms with Crippen LogP contribution in [-0.4, -0.2) is 25.1 Å².